The van der Waals surface area contributed by atoms with E-state index >= 15 is 0 Å². The first kappa shape index (κ1) is 35.2. The first-order chi connectivity index (χ1) is 21.5. The third-order valence-corrected chi connectivity index (χ3v) is 9.29. The quantitative estimate of drug-likeness (QED) is 0.0494. The molecule has 0 atom stereocenters. The maximum Gasteiger partial charge on any atom is 0.171 e. The van der Waals surface area contributed by atoms with Crippen molar-refractivity contribution in [1.82, 2.24) is 0 Å². The molecule has 1 aromatic heterocycles. The second-order valence-electron chi connectivity index (χ2n) is 10.3. The van der Waals surface area contributed by atoms with Crippen molar-refractivity contribution in [2.24, 2.45) is 0 Å². The van der Waals surface area contributed by atoms with Gasteiger partial charge in [-0.05, 0) is 84.5 Å². The van der Waals surface area contributed by atoms with E-state index in [1.54, 1.807) is 0 Å². The van der Waals surface area contributed by atoms with E-state index in [1.807, 2.05) is 57.0 Å². The molecule has 1 heterocycles. The van der Waals surface area contributed by atoms with Gasteiger partial charge >= 0.3 is 0 Å². The molecule has 3 rings (SSSR count). The Morgan fingerprint density at radius 1 is 0.795 bits per heavy atom. The minimum Gasteiger partial charge on any atom is -0.391 e. The van der Waals surface area contributed by atoms with E-state index in [-0.39, 0.29) is 13.2 Å². The molecule has 0 radical (unpaired) electrons. The first-order valence-electron chi connectivity index (χ1n) is 15.2. The Labute approximate surface area is 271 Å². The number of pyridine rings is 1. The summed E-state index contributed by atoms with van der Waals surface area (Å²) in [6.07, 6.45) is 14.6. The highest BCUT2D eigenvalue weighted by atomic mass is 33.1. The lowest BCUT2D eigenvalue weighted by Gasteiger charge is -2.08. The largest absolute Gasteiger partial charge is 0.391 e. The Bertz CT molecular complexity index is 1370. The number of aliphatic hydroxyl groups is 2. The van der Waals surface area contributed by atoms with Crippen LogP contribution >= 0.6 is 21.6 Å². The number of anilines is 2. The van der Waals surface area contributed by atoms with Crippen LogP contribution in [0.1, 0.15) is 37.5 Å². The SMILES string of the molecule is CC=C(C=C[NH2+]CCO)C(C)=Cc1ccc(NCCSSCCNc2ccc(C=C(C)c3cc[n+](CCO)cc3)cc2)cc1. The van der Waals surface area contributed by atoms with Crippen LogP contribution < -0.4 is 20.5 Å². The molecule has 6 nitrogen and oxygen atoms in total. The van der Waals surface area contributed by atoms with Gasteiger partial charge in [-0.1, -0.05) is 64.1 Å². The molecule has 0 fully saturated rings. The number of hydrogen-bond acceptors (Lipinski definition) is 6. The van der Waals surface area contributed by atoms with E-state index in [9.17, 15) is 0 Å². The van der Waals surface area contributed by atoms with Crippen LogP contribution in [0.4, 0.5) is 11.4 Å². The highest BCUT2D eigenvalue weighted by Gasteiger charge is 2.03. The van der Waals surface area contributed by atoms with E-state index in [2.05, 4.69) is 109 Å². The van der Waals surface area contributed by atoms with Gasteiger partial charge in [-0.2, -0.15) is 0 Å². The average molecular weight is 633 g/mol. The van der Waals surface area contributed by atoms with Gasteiger partial charge in [-0.15, -0.1) is 0 Å². The fourth-order valence-corrected chi connectivity index (χ4v) is 6.25. The molecular weight excluding hydrogens is 585 g/mol. The number of quaternary nitrogens is 1. The second kappa shape index (κ2) is 20.6. The number of benzene rings is 2. The topological polar surface area (TPSA) is 85.0 Å². The highest BCUT2D eigenvalue weighted by Crippen LogP contribution is 2.22. The van der Waals surface area contributed by atoms with Crippen molar-refractivity contribution in [2.45, 2.75) is 27.3 Å². The predicted octanol–water partition coefficient (Wildman–Crippen LogP) is 5.85. The Kier molecular flexibility index (Phi) is 16.5. The number of allylic oxidation sites excluding steroid dienone is 5. The molecule has 0 unspecified atom stereocenters. The number of nitrogens with two attached hydrogens (primary N) is 1. The summed E-state index contributed by atoms with van der Waals surface area (Å²) in [6, 6.07) is 21.3. The zero-order chi connectivity index (χ0) is 31.4. The standard InChI is InChI=1S/C36H46N4O2S2/c1-4-33(13-16-37-17-23-41)29(2)27-31-5-9-35(10-6-31)38-18-25-43-44-26-19-39-36-11-7-32(8-12-36)28-30(3)34-14-20-40(21-15-34)22-24-42/h4-16,20-21,27-28,37-38,41-42H,17-19,22-26H2,1-3H3/p+2. The normalized spacial score (nSPS) is 12.6. The number of nitrogens with one attached hydrogen (secondary N) is 2. The molecule has 234 valence electrons. The van der Waals surface area contributed by atoms with Crippen LogP contribution in [0, 0.1) is 0 Å². The van der Waals surface area contributed by atoms with Crippen molar-refractivity contribution < 1.29 is 20.1 Å². The molecule has 0 amide bonds. The van der Waals surface area contributed by atoms with E-state index in [4.69, 9.17) is 10.2 Å². The van der Waals surface area contributed by atoms with Crippen LogP contribution in [0.25, 0.3) is 17.7 Å². The lowest BCUT2D eigenvalue weighted by molar-refractivity contribution is -0.698. The molecule has 0 saturated heterocycles. The van der Waals surface area contributed by atoms with Gasteiger partial charge in [0, 0.05) is 48.1 Å². The molecule has 0 aliphatic heterocycles. The summed E-state index contributed by atoms with van der Waals surface area (Å²) in [5.41, 5.74) is 9.42. The molecule has 2 aromatic carbocycles. The summed E-state index contributed by atoms with van der Waals surface area (Å²) in [7, 11) is 3.80. The van der Waals surface area contributed by atoms with Crippen LogP contribution in [-0.2, 0) is 6.54 Å². The Morgan fingerprint density at radius 3 is 1.89 bits per heavy atom. The van der Waals surface area contributed by atoms with Crippen LogP contribution in [0.2, 0.25) is 0 Å². The third-order valence-electron chi connectivity index (χ3n) is 6.88. The lowest BCUT2D eigenvalue weighted by Crippen LogP contribution is -2.79. The van der Waals surface area contributed by atoms with Crippen LogP contribution in [0.3, 0.4) is 0 Å². The average Bonchev–Trinajstić information content (AvgIpc) is 3.04. The molecule has 0 aliphatic carbocycles. The molecule has 44 heavy (non-hydrogen) atoms. The Morgan fingerprint density at radius 2 is 1.36 bits per heavy atom. The molecule has 0 bridgehead atoms. The van der Waals surface area contributed by atoms with Crippen LogP contribution in [0.5, 0.6) is 0 Å². The summed E-state index contributed by atoms with van der Waals surface area (Å²) >= 11 is 0. The minimum absolute atomic E-state index is 0.147. The van der Waals surface area contributed by atoms with Crippen LogP contribution in [-0.4, -0.2) is 54.6 Å². The monoisotopic (exact) mass is 632 g/mol. The molecule has 0 saturated carbocycles. The van der Waals surface area contributed by atoms with E-state index in [0.29, 0.717) is 13.1 Å². The molecule has 0 spiro atoms. The van der Waals surface area contributed by atoms with Gasteiger partial charge in [-0.3, -0.25) is 0 Å². The van der Waals surface area contributed by atoms with Gasteiger partial charge in [0.25, 0.3) is 0 Å². The molecule has 3 aromatic rings. The summed E-state index contributed by atoms with van der Waals surface area (Å²) in [5, 5.41) is 27.0. The maximum absolute atomic E-state index is 9.08. The first-order valence-corrected chi connectivity index (χ1v) is 17.7. The Balaban J connectivity index is 1.30. The minimum atomic E-state index is 0.147. The zero-order valence-corrected chi connectivity index (χ0v) is 27.8. The lowest BCUT2D eigenvalue weighted by atomic mass is 10.0. The number of aromatic nitrogens is 1. The molecule has 8 heteroatoms. The number of aliphatic hydroxyl groups excluding tert-OH is 2. The van der Waals surface area contributed by atoms with Gasteiger partial charge in [0.05, 0.1) is 12.8 Å². The fraction of sp³-hybridized carbons (Fsp3) is 0.306. The fourth-order valence-electron chi connectivity index (χ4n) is 4.44. The van der Waals surface area contributed by atoms with Crippen molar-refractivity contribution in [3.8, 4) is 0 Å². The van der Waals surface area contributed by atoms with Crippen molar-refractivity contribution in [1.29, 1.82) is 0 Å². The number of rotatable bonds is 19. The number of nitrogens with zero attached hydrogens (tertiary/aromatic N) is 1. The van der Waals surface area contributed by atoms with Crippen molar-refractivity contribution in [3.63, 3.8) is 0 Å². The van der Waals surface area contributed by atoms with E-state index in [1.165, 1.54) is 33.4 Å². The summed E-state index contributed by atoms with van der Waals surface area (Å²) < 4.78 is 1.98. The maximum atomic E-state index is 9.08. The highest BCUT2D eigenvalue weighted by molar-refractivity contribution is 8.76. The molecule has 6 N–H and O–H groups in total. The Hall–Kier alpha value is -3.27. The van der Waals surface area contributed by atoms with Gasteiger partial charge in [0.1, 0.15) is 13.2 Å². The molecular formula is C36H48N4O2S2+2. The summed E-state index contributed by atoms with van der Waals surface area (Å²) in [5.74, 6) is 2.08. The third kappa shape index (κ3) is 13.2. The summed E-state index contributed by atoms with van der Waals surface area (Å²) in [6.45, 7) is 9.78. The van der Waals surface area contributed by atoms with E-state index < -0.39 is 0 Å². The van der Waals surface area contributed by atoms with E-state index in [0.717, 1.165) is 36.0 Å². The zero-order valence-electron chi connectivity index (χ0n) is 26.2. The van der Waals surface area contributed by atoms with Gasteiger partial charge in [0.15, 0.2) is 18.9 Å². The van der Waals surface area contributed by atoms with Crippen molar-refractivity contribution in [2.75, 3.05) is 55.0 Å². The van der Waals surface area contributed by atoms with Crippen molar-refractivity contribution >= 4 is 50.7 Å². The van der Waals surface area contributed by atoms with Gasteiger partial charge in [-0.25, -0.2) is 4.57 Å². The van der Waals surface area contributed by atoms with Gasteiger partial charge in [0.2, 0.25) is 0 Å². The second-order valence-corrected chi connectivity index (χ2v) is 13.0. The summed E-state index contributed by atoms with van der Waals surface area (Å²) in [4.78, 5) is 0. The van der Waals surface area contributed by atoms with Crippen LogP contribution in [0.15, 0.2) is 103 Å². The van der Waals surface area contributed by atoms with Gasteiger partial charge < -0.3 is 26.2 Å². The van der Waals surface area contributed by atoms with Crippen molar-refractivity contribution in [3.05, 3.63) is 119 Å². The number of hydrogen-bond donors (Lipinski definition) is 5. The predicted molar refractivity (Wildman–Crippen MR) is 192 cm³/mol. The smallest absolute Gasteiger partial charge is 0.171 e. The molecule has 0 aliphatic rings.